The fourth-order valence-electron chi connectivity index (χ4n) is 4.01. The molecule has 0 aromatic heterocycles. The van der Waals surface area contributed by atoms with Crippen LogP contribution in [0.5, 0.6) is 0 Å². The minimum Gasteiger partial charge on any atom is -0.309 e. The van der Waals surface area contributed by atoms with E-state index in [0.717, 1.165) is 0 Å². The number of allylic oxidation sites excluding steroid dienone is 8. The maximum atomic E-state index is 2.73. The molecule has 2 heteroatoms. The Labute approximate surface area is 208 Å². The van der Waals surface area contributed by atoms with Gasteiger partial charge in [-0.3, -0.25) is 0 Å². The molecule has 0 aliphatic rings. The number of unbranched alkanes of at least 4 members (excludes halogenated alkanes) is 2. The van der Waals surface area contributed by atoms with Crippen LogP contribution in [0.3, 0.4) is 0 Å². The minimum atomic E-state index is 1.19. The first-order valence-electron chi connectivity index (χ1n) is 13.7. The average Bonchev–Trinajstić information content (AvgIpc) is 2.78. The zero-order valence-electron chi connectivity index (χ0n) is 23.8. The number of nitrogens with zero attached hydrogens (tertiary/aromatic N) is 2. The summed E-state index contributed by atoms with van der Waals surface area (Å²) in [6, 6.07) is 0. The quantitative estimate of drug-likeness (QED) is 0.133. The summed E-state index contributed by atoms with van der Waals surface area (Å²) in [5.74, 6) is 0. The number of hydrogen-bond donors (Lipinski definition) is 0. The maximum absolute atomic E-state index is 2.73. The Bertz CT molecular complexity index is 546. The Morgan fingerprint density at radius 1 is 0.515 bits per heavy atom. The van der Waals surface area contributed by atoms with Crippen LogP contribution in [0.15, 0.2) is 46.6 Å². The molecule has 0 saturated carbocycles. The van der Waals surface area contributed by atoms with Crippen molar-refractivity contribution in [1.29, 1.82) is 0 Å². The second kappa shape index (κ2) is 21.4. The molecule has 192 valence electrons. The van der Waals surface area contributed by atoms with Crippen LogP contribution in [-0.4, -0.2) is 50.1 Å². The van der Waals surface area contributed by atoms with Gasteiger partial charge in [-0.1, -0.05) is 46.6 Å². The van der Waals surface area contributed by atoms with Crippen molar-refractivity contribution in [3.8, 4) is 0 Å². The molecule has 0 saturated heterocycles. The fourth-order valence-corrected chi connectivity index (χ4v) is 4.01. The molecule has 0 N–H and O–H groups in total. The van der Waals surface area contributed by atoms with Gasteiger partial charge in [-0.15, -0.1) is 0 Å². The molecule has 2 nitrogen and oxygen atoms in total. The van der Waals surface area contributed by atoms with Crippen LogP contribution in [0.2, 0.25) is 0 Å². The van der Waals surface area contributed by atoms with Crippen molar-refractivity contribution >= 4 is 0 Å². The van der Waals surface area contributed by atoms with Crippen LogP contribution >= 0.6 is 0 Å². The molecule has 0 aliphatic carbocycles. The lowest BCUT2D eigenvalue weighted by atomic mass is 10.1. The topological polar surface area (TPSA) is 6.48 Å². The van der Waals surface area contributed by atoms with Crippen LogP contribution in [0.1, 0.15) is 112 Å². The van der Waals surface area contributed by atoms with Crippen LogP contribution in [-0.2, 0) is 0 Å². The van der Waals surface area contributed by atoms with Crippen molar-refractivity contribution < 1.29 is 0 Å². The highest BCUT2D eigenvalue weighted by atomic mass is 15.1. The molecule has 0 aromatic carbocycles. The van der Waals surface area contributed by atoms with Gasteiger partial charge in [-0.2, -0.15) is 0 Å². The van der Waals surface area contributed by atoms with Crippen LogP contribution in [0, 0.1) is 0 Å². The molecule has 0 aliphatic heterocycles. The van der Waals surface area contributed by atoms with Gasteiger partial charge in [0.05, 0.1) is 0 Å². The largest absolute Gasteiger partial charge is 0.309 e. The zero-order valence-corrected chi connectivity index (χ0v) is 23.8. The van der Waals surface area contributed by atoms with Gasteiger partial charge >= 0.3 is 0 Å². The van der Waals surface area contributed by atoms with Gasteiger partial charge in [0.15, 0.2) is 0 Å². The highest BCUT2D eigenvalue weighted by Crippen LogP contribution is 2.14. The van der Waals surface area contributed by atoms with Gasteiger partial charge in [-0.25, -0.2) is 0 Å². The van der Waals surface area contributed by atoms with E-state index in [1.807, 2.05) is 0 Å². The van der Waals surface area contributed by atoms with E-state index >= 15 is 0 Å². The van der Waals surface area contributed by atoms with E-state index in [2.05, 4.69) is 89.7 Å². The molecule has 0 bridgehead atoms. The van der Waals surface area contributed by atoms with Crippen LogP contribution < -0.4 is 0 Å². The molecule has 0 radical (unpaired) electrons. The third-order valence-corrected chi connectivity index (χ3v) is 6.72. The lowest BCUT2D eigenvalue weighted by molar-refractivity contribution is 0.246. The SMILES string of the molecule is C/C=C(\C)CC/C=C(\C)CCCCN(CCCC/C(C)=C/CC/C(C)=C/C)CCCN(C)C. The van der Waals surface area contributed by atoms with Gasteiger partial charge in [0, 0.05) is 0 Å². The summed E-state index contributed by atoms with van der Waals surface area (Å²) in [4.78, 5) is 5.04. The Morgan fingerprint density at radius 3 is 1.33 bits per heavy atom. The Kier molecular flexibility index (Phi) is 20.7. The summed E-state index contributed by atoms with van der Waals surface area (Å²) in [6.45, 7) is 18.3. The summed E-state index contributed by atoms with van der Waals surface area (Å²) < 4.78 is 0. The van der Waals surface area contributed by atoms with Crippen molar-refractivity contribution in [2.75, 3.05) is 40.3 Å². The minimum absolute atomic E-state index is 1.19. The normalized spacial score (nSPS) is 14.1. The van der Waals surface area contributed by atoms with Gasteiger partial charge in [0.2, 0.25) is 0 Å². The summed E-state index contributed by atoms with van der Waals surface area (Å²) in [6.07, 6.45) is 23.3. The molecule has 33 heavy (non-hydrogen) atoms. The molecule has 0 heterocycles. The molecular formula is C31H58N2. The highest BCUT2D eigenvalue weighted by molar-refractivity contribution is 5.03. The Morgan fingerprint density at radius 2 is 0.939 bits per heavy atom. The molecule has 0 fully saturated rings. The first kappa shape index (κ1) is 31.9. The first-order valence-corrected chi connectivity index (χ1v) is 13.7. The van der Waals surface area contributed by atoms with Crippen molar-refractivity contribution in [2.45, 2.75) is 112 Å². The number of rotatable bonds is 20. The summed E-state index contributed by atoms with van der Waals surface area (Å²) in [5, 5.41) is 0. The second-order valence-electron chi connectivity index (χ2n) is 10.4. The number of hydrogen-bond acceptors (Lipinski definition) is 2. The lowest BCUT2D eigenvalue weighted by Crippen LogP contribution is -2.29. The predicted molar refractivity (Wildman–Crippen MR) is 152 cm³/mol. The maximum Gasteiger partial charge on any atom is -0.000655 e. The third kappa shape index (κ3) is 21.2. The van der Waals surface area contributed by atoms with Crippen molar-refractivity contribution in [3.63, 3.8) is 0 Å². The Hall–Kier alpha value is -1.12. The van der Waals surface area contributed by atoms with Gasteiger partial charge in [-0.05, 0) is 152 Å². The van der Waals surface area contributed by atoms with E-state index < -0.39 is 0 Å². The monoisotopic (exact) mass is 458 g/mol. The summed E-state index contributed by atoms with van der Waals surface area (Å²) in [5.41, 5.74) is 6.15. The zero-order chi connectivity index (χ0) is 24.9. The molecule has 0 amide bonds. The predicted octanol–water partition coefficient (Wildman–Crippen LogP) is 8.97. The van der Waals surface area contributed by atoms with E-state index in [-0.39, 0.29) is 0 Å². The van der Waals surface area contributed by atoms with E-state index in [9.17, 15) is 0 Å². The van der Waals surface area contributed by atoms with E-state index in [4.69, 9.17) is 0 Å². The smallest absolute Gasteiger partial charge is 0.000655 e. The third-order valence-electron chi connectivity index (χ3n) is 6.72. The second-order valence-corrected chi connectivity index (χ2v) is 10.4. The van der Waals surface area contributed by atoms with Crippen molar-refractivity contribution in [1.82, 2.24) is 9.80 Å². The first-order chi connectivity index (χ1) is 15.8. The molecule has 0 rings (SSSR count). The molecule has 0 spiro atoms. The summed E-state index contributed by atoms with van der Waals surface area (Å²) >= 11 is 0. The van der Waals surface area contributed by atoms with Crippen molar-refractivity contribution in [3.05, 3.63) is 46.6 Å². The summed E-state index contributed by atoms with van der Waals surface area (Å²) in [7, 11) is 4.37. The van der Waals surface area contributed by atoms with E-state index in [1.54, 1.807) is 11.1 Å². The van der Waals surface area contributed by atoms with Gasteiger partial charge in [0.1, 0.15) is 0 Å². The Balaban J connectivity index is 4.27. The molecule has 0 unspecified atom stereocenters. The fraction of sp³-hybridized carbons (Fsp3) is 0.742. The standard InChI is InChI=1S/C31H58N2/c1-9-28(3)20-15-22-30(5)18-11-13-25-33(27-17-24-32(7)8)26-14-12-19-31(6)23-16-21-29(4)10-2/h9-10,22-23H,11-21,24-27H2,1-8H3/b28-9+,29-10+,30-22+,31-23+. The highest BCUT2D eigenvalue weighted by Gasteiger charge is 2.06. The molecular weight excluding hydrogens is 400 g/mol. The van der Waals surface area contributed by atoms with Crippen LogP contribution in [0.25, 0.3) is 0 Å². The van der Waals surface area contributed by atoms with Crippen molar-refractivity contribution in [2.24, 2.45) is 0 Å². The molecule has 0 atom stereocenters. The van der Waals surface area contributed by atoms with Gasteiger partial charge in [0.25, 0.3) is 0 Å². The average molecular weight is 459 g/mol. The van der Waals surface area contributed by atoms with Crippen LogP contribution in [0.4, 0.5) is 0 Å². The van der Waals surface area contributed by atoms with E-state index in [1.165, 1.54) is 108 Å². The molecule has 0 aromatic rings. The van der Waals surface area contributed by atoms with E-state index in [0.29, 0.717) is 0 Å². The lowest BCUT2D eigenvalue weighted by Gasteiger charge is -2.23. The van der Waals surface area contributed by atoms with Gasteiger partial charge < -0.3 is 9.80 Å².